The fourth-order valence-electron chi connectivity index (χ4n) is 3.00. The van der Waals surface area contributed by atoms with Crippen LogP contribution in [-0.2, 0) is 12.4 Å². The smallest absolute Gasteiger partial charge is 0.347 e. The molecule has 0 unspecified atom stereocenters. The van der Waals surface area contributed by atoms with Gasteiger partial charge in [0.1, 0.15) is 0 Å². The first-order valence-electron chi connectivity index (χ1n) is 8.04. The van der Waals surface area contributed by atoms with Crippen LogP contribution in [0, 0.1) is 0 Å². The van der Waals surface area contributed by atoms with E-state index in [1.165, 1.54) is 6.07 Å². The van der Waals surface area contributed by atoms with E-state index in [9.17, 15) is 31.1 Å². The van der Waals surface area contributed by atoms with E-state index in [0.717, 1.165) is 24.5 Å². The Kier molecular flexibility index (Phi) is 5.26. The number of hydrogen-bond acceptors (Lipinski definition) is 3. The van der Waals surface area contributed by atoms with Gasteiger partial charge in [-0.25, -0.2) is 9.97 Å². The predicted molar refractivity (Wildman–Crippen MR) is 86.7 cm³/mol. The van der Waals surface area contributed by atoms with Gasteiger partial charge in [-0.05, 0) is 30.5 Å². The lowest BCUT2D eigenvalue weighted by Gasteiger charge is -2.38. The molecule has 0 saturated heterocycles. The van der Waals surface area contributed by atoms with Crippen LogP contribution in [0.25, 0.3) is 0 Å². The number of amides is 1. The zero-order chi connectivity index (χ0) is 20.7. The summed E-state index contributed by atoms with van der Waals surface area (Å²) in [5, 5.41) is 2.33. The molecule has 1 aliphatic carbocycles. The molecule has 0 aliphatic heterocycles. The number of alkyl halides is 6. The van der Waals surface area contributed by atoms with Crippen LogP contribution in [-0.4, -0.2) is 21.9 Å². The van der Waals surface area contributed by atoms with Crippen molar-refractivity contribution in [2.75, 3.05) is 0 Å². The van der Waals surface area contributed by atoms with Gasteiger partial charge in [0.05, 0.1) is 5.56 Å². The summed E-state index contributed by atoms with van der Waals surface area (Å²) in [6, 6.07) is 2.31. The summed E-state index contributed by atoms with van der Waals surface area (Å²) in [6.07, 6.45) is -6.65. The topological polar surface area (TPSA) is 54.9 Å². The van der Waals surface area contributed by atoms with Crippen LogP contribution < -0.4 is 5.32 Å². The van der Waals surface area contributed by atoms with Crippen LogP contribution in [0.4, 0.5) is 26.3 Å². The molecule has 2 aromatic rings. The van der Waals surface area contributed by atoms with E-state index in [4.69, 9.17) is 11.6 Å². The molecule has 3 rings (SSSR count). The second-order valence-corrected chi connectivity index (χ2v) is 6.66. The fraction of sp³-hybridized carbons (Fsp3) is 0.353. The van der Waals surface area contributed by atoms with E-state index in [-0.39, 0.29) is 5.02 Å². The Bertz CT molecular complexity index is 899. The second kappa shape index (κ2) is 7.23. The minimum Gasteiger partial charge on any atom is -0.347 e. The van der Waals surface area contributed by atoms with Gasteiger partial charge in [0.2, 0.25) is 0 Å². The minimum atomic E-state index is -4.85. The van der Waals surface area contributed by atoms with Gasteiger partial charge in [0.25, 0.3) is 5.91 Å². The van der Waals surface area contributed by atoms with E-state index in [0.29, 0.717) is 18.4 Å². The maximum absolute atomic E-state index is 13.0. The normalized spacial score (nSPS) is 19.8. The lowest BCUT2D eigenvalue weighted by molar-refractivity contribution is -0.142. The largest absolute Gasteiger partial charge is 0.435 e. The standard InChI is InChI=1S/C17H12ClF6N3O/c18-11-7-8(16(19,20)21)1-2-9(11)10-3-4-12(10)27-15(28)13-14(17(22,23)24)26-6-5-25-13/h1-2,5-7,10,12H,3-4H2,(H,27,28)/t10-,12-/m1/s1. The van der Waals surface area contributed by atoms with Gasteiger partial charge in [-0.1, -0.05) is 17.7 Å². The average Bonchev–Trinajstić information content (AvgIpc) is 2.58. The lowest BCUT2D eigenvalue weighted by atomic mass is 9.74. The molecule has 0 spiro atoms. The highest BCUT2D eigenvalue weighted by Gasteiger charge is 2.40. The summed E-state index contributed by atoms with van der Waals surface area (Å²) in [5.74, 6) is -1.47. The Morgan fingerprint density at radius 1 is 1.04 bits per heavy atom. The molecule has 0 bridgehead atoms. The number of aromatic nitrogens is 2. The average molecular weight is 424 g/mol. The molecule has 150 valence electrons. The Labute approximate surface area is 159 Å². The second-order valence-electron chi connectivity index (χ2n) is 6.25. The van der Waals surface area contributed by atoms with E-state index >= 15 is 0 Å². The third-order valence-electron chi connectivity index (χ3n) is 4.50. The van der Waals surface area contributed by atoms with Gasteiger partial charge in [0, 0.05) is 29.4 Å². The van der Waals surface area contributed by atoms with Crippen molar-refractivity contribution in [1.29, 1.82) is 0 Å². The van der Waals surface area contributed by atoms with Crippen molar-refractivity contribution in [3.05, 3.63) is 58.1 Å². The van der Waals surface area contributed by atoms with E-state index in [1.54, 1.807) is 0 Å². The van der Waals surface area contributed by atoms with Crippen molar-refractivity contribution in [1.82, 2.24) is 15.3 Å². The number of hydrogen-bond donors (Lipinski definition) is 1. The molecule has 4 nitrogen and oxygen atoms in total. The Hall–Kier alpha value is -2.36. The van der Waals surface area contributed by atoms with Crippen molar-refractivity contribution in [2.45, 2.75) is 37.2 Å². The minimum absolute atomic E-state index is 0.116. The number of halogens is 7. The molecule has 1 fully saturated rings. The molecule has 0 radical (unpaired) electrons. The highest BCUT2D eigenvalue weighted by atomic mass is 35.5. The number of rotatable bonds is 3. The molecule has 11 heteroatoms. The molecule has 1 aliphatic rings. The van der Waals surface area contributed by atoms with E-state index in [1.807, 2.05) is 0 Å². The van der Waals surface area contributed by atoms with Gasteiger partial charge in [-0.2, -0.15) is 26.3 Å². The number of nitrogens with zero attached hydrogens (tertiary/aromatic N) is 2. The van der Waals surface area contributed by atoms with Crippen LogP contribution >= 0.6 is 11.6 Å². The van der Waals surface area contributed by atoms with Crippen molar-refractivity contribution in [3.8, 4) is 0 Å². The molecule has 1 heterocycles. The van der Waals surface area contributed by atoms with Gasteiger partial charge >= 0.3 is 12.4 Å². The predicted octanol–water partition coefficient (Wildman–Crippen LogP) is 4.84. The summed E-state index contributed by atoms with van der Waals surface area (Å²) in [4.78, 5) is 18.9. The molecule has 28 heavy (non-hydrogen) atoms. The highest BCUT2D eigenvalue weighted by Crippen LogP contribution is 2.42. The lowest BCUT2D eigenvalue weighted by Crippen LogP contribution is -2.46. The summed E-state index contributed by atoms with van der Waals surface area (Å²) in [6.45, 7) is 0. The van der Waals surface area contributed by atoms with E-state index < -0.39 is 47.2 Å². The van der Waals surface area contributed by atoms with Crippen LogP contribution in [0.1, 0.15) is 46.1 Å². The molecule has 2 atom stereocenters. The van der Waals surface area contributed by atoms with Crippen molar-refractivity contribution in [3.63, 3.8) is 0 Å². The maximum atomic E-state index is 13.0. The first-order chi connectivity index (χ1) is 13.0. The van der Waals surface area contributed by atoms with Crippen LogP contribution in [0.15, 0.2) is 30.6 Å². The summed E-state index contributed by atoms with van der Waals surface area (Å²) in [7, 11) is 0. The Morgan fingerprint density at radius 3 is 2.25 bits per heavy atom. The monoisotopic (exact) mass is 423 g/mol. The van der Waals surface area contributed by atoms with Crippen LogP contribution in [0.3, 0.4) is 0 Å². The van der Waals surface area contributed by atoms with Crippen LogP contribution in [0.5, 0.6) is 0 Å². The van der Waals surface area contributed by atoms with Gasteiger partial charge < -0.3 is 5.32 Å². The quantitative estimate of drug-likeness (QED) is 0.718. The molecule has 1 amide bonds. The third kappa shape index (κ3) is 4.06. The van der Waals surface area contributed by atoms with Crippen molar-refractivity contribution < 1.29 is 31.1 Å². The summed E-state index contributed by atoms with van der Waals surface area (Å²) >= 11 is 5.96. The van der Waals surface area contributed by atoms with Gasteiger partial charge in [-0.15, -0.1) is 0 Å². The number of benzene rings is 1. The van der Waals surface area contributed by atoms with E-state index in [2.05, 4.69) is 15.3 Å². The van der Waals surface area contributed by atoms with Crippen molar-refractivity contribution in [2.24, 2.45) is 0 Å². The van der Waals surface area contributed by atoms with Crippen molar-refractivity contribution >= 4 is 17.5 Å². The molecule has 1 aromatic carbocycles. The van der Waals surface area contributed by atoms with Crippen LogP contribution in [0.2, 0.25) is 5.02 Å². The summed E-state index contributed by atoms with van der Waals surface area (Å²) in [5.41, 5.74) is -2.79. The fourth-order valence-corrected chi connectivity index (χ4v) is 3.32. The molecule has 1 aromatic heterocycles. The molecular weight excluding hydrogens is 412 g/mol. The maximum Gasteiger partial charge on any atom is 0.435 e. The zero-order valence-corrected chi connectivity index (χ0v) is 14.7. The Morgan fingerprint density at radius 2 is 1.71 bits per heavy atom. The van der Waals surface area contributed by atoms with Gasteiger partial charge in [0.15, 0.2) is 11.4 Å². The number of carbonyl (C=O) groups excluding carboxylic acids is 1. The first-order valence-corrected chi connectivity index (χ1v) is 8.42. The number of nitrogens with one attached hydrogen (secondary N) is 1. The number of carbonyl (C=O) groups is 1. The first kappa shape index (κ1) is 20.4. The van der Waals surface area contributed by atoms with Gasteiger partial charge in [-0.3, -0.25) is 4.79 Å². The molecule has 1 N–H and O–H groups in total. The molecular formula is C17H12ClF6N3O. The Balaban J connectivity index is 1.78. The highest BCUT2D eigenvalue weighted by molar-refractivity contribution is 6.31. The zero-order valence-electron chi connectivity index (χ0n) is 13.9. The summed E-state index contributed by atoms with van der Waals surface area (Å²) < 4.78 is 77.2. The molecule has 1 saturated carbocycles. The SMILES string of the molecule is O=C(N[C@@H]1CC[C@@H]1c1ccc(C(F)(F)F)cc1Cl)c1nccnc1C(F)(F)F. The third-order valence-corrected chi connectivity index (χ3v) is 4.83.